The normalized spacial score (nSPS) is 33.5. The topological polar surface area (TPSA) is 105 Å². The predicted octanol–water partition coefficient (Wildman–Crippen LogP) is 2.42. The number of hydrogen-bond donors (Lipinski definition) is 2. The van der Waals surface area contributed by atoms with Crippen molar-refractivity contribution in [1.29, 1.82) is 0 Å². The zero-order valence-electron chi connectivity index (χ0n) is 20.9. The number of nitrogens with zero attached hydrogens (tertiary/aromatic N) is 1. The van der Waals surface area contributed by atoms with Gasteiger partial charge in [0.2, 0.25) is 11.8 Å². The summed E-state index contributed by atoms with van der Waals surface area (Å²) in [6, 6.07) is -1.37. The first-order valence-electron chi connectivity index (χ1n) is 12.8. The maximum absolute atomic E-state index is 14.0. The molecule has 0 aromatic rings. The van der Waals surface area contributed by atoms with Crippen LogP contribution in [0, 0.1) is 17.8 Å². The second-order valence-electron chi connectivity index (χ2n) is 10.3. The highest BCUT2D eigenvalue weighted by Gasteiger charge is 2.79. The van der Waals surface area contributed by atoms with Crippen LogP contribution >= 0.6 is 0 Å². The lowest BCUT2D eigenvalue weighted by Crippen LogP contribution is -2.58. The Labute approximate surface area is 197 Å². The number of unbranched alkanes of at least 4 members (excludes halogenated alkanes) is 2. The first-order chi connectivity index (χ1) is 15.7. The molecule has 3 rings (SSSR count). The minimum Gasteiger partial charge on any atom is -0.466 e. The highest BCUT2D eigenvalue weighted by Crippen LogP contribution is 2.64. The van der Waals surface area contributed by atoms with Crippen molar-refractivity contribution in [2.24, 2.45) is 17.8 Å². The number of amides is 2. The van der Waals surface area contributed by atoms with Gasteiger partial charge in [0, 0.05) is 6.54 Å². The third kappa shape index (κ3) is 4.29. The minimum absolute atomic E-state index is 0.223. The van der Waals surface area contributed by atoms with Gasteiger partial charge < -0.3 is 24.8 Å². The van der Waals surface area contributed by atoms with Crippen molar-refractivity contribution < 1.29 is 29.0 Å². The largest absolute Gasteiger partial charge is 0.466 e. The van der Waals surface area contributed by atoms with Gasteiger partial charge in [-0.25, -0.2) is 0 Å². The molecule has 0 aromatic carbocycles. The number of ether oxygens (including phenoxy) is 2. The molecule has 33 heavy (non-hydrogen) atoms. The molecule has 188 valence electrons. The fourth-order valence-corrected chi connectivity index (χ4v) is 6.44. The molecule has 3 heterocycles. The summed E-state index contributed by atoms with van der Waals surface area (Å²) in [5.74, 6) is -2.22. The molecule has 3 saturated heterocycles. The molecule has 2 unspecified atom stereocenters. The lowest BCUT2D eigenvalue weighted by molar-refractivity contribution is -0.162. The van der Waals surface area contributed by atoms with Gasteiger partial charge in [-0.15, -0.1) is 0 Å². The summed E-state index contributed by atoms with van der Waals surface area (Å²) in [6.07, 6.45) is 5.19. The van der Waals surface area contributed by atoms with Crippen molar-refractivity contribution in [2.75, 3.05) is 19.8 Å². The van der Waals surface area contributed by atoms with Gasteiger partial charge in [0.25, 0.3) is 0 Å². The van der Waals surface area contributed by atoms with Crippen LogP contribution in [0.15, 0.2) is 0 Å². The molecule has 3 aliphatic rings. The van der Waals surface area contributed by atoms with Crippen LogP contribution in [-0.2, 0) is 23.9 Å². The van der Waals surface area contributed by atoms with Crippen molar-refractivity contribution in [2.45, 2.75) is 103 Å². The van der Waals surface area contributed by atoms with Crippen molar-refractivity contribution >= 4 is 17.8 Å². The first-order valence-corrected chi connectivity index (χ1v) is 12.8. The highest BCUT2D eigenvalue weighted by molar-refractivity contribution is 5.98. The number of nitrogens with one attached hydrogen (secondary N) is 1. The number of rotatable bonds is 12. The molecule has 3 fully saturated rings. The lowest BCUT2D eigenvalue weighted by Gasteiger charge is -2.37. The number of aliphatic hydroxyl groups excluding tert-OH is 1. The standard InChI is InChI=1S/C25H42N2O6/c1-6-9-10-13-26-21(29)20-25-12-11-24(7-2,33-25)19(23(31)32-8-3)18(25)22(30)27(20)17(15-28)14-16(4)5/h16-20,28H,6-15H2,1-5H3,(H,26,29)/t17-,18+,19+,20?,24-,25?/m1/s1. The van der Waals surface area contributed by atoms with Crippen molar-refractivity contribution in [3.05, 3.63) is 0 Å². The van der Waals surface area contributed by atoms with Gasteiger partial charge in [-0.2, -0.15) is 0 Å². The van der Waals surface area contributed by atoms with E-state index in [2.05, 4.69) is 12.2 Å². The Morgan fingerprint density at radius 1 is 1.24 bits per heavy atom. The van der Waals surface area contributed by atoms with Crippen LogP contribution in [0.1, 0.15) is 79.6 Å². The Morgan fingerprint density at radius 3 is 2.55 bits per heavy atom. The maximum Gasteiger partial charge on any atom is 0.312 e. The number of aliphatic hydroxyl groups is 1. The molecule has 2 amide bonds. The second-order valence-corrected chi connectivity index (χ2v) is 10.3. The third-order valence-corrected chi connectivity index (χ3v) is 7.83. The van der Waals surface area contributed by atoms with Crippen LogP contribution in [0.3, 0.4) is 0 Å². The fourth-order valence-electron chi connectivity index (χ4n) is 6.44. The summed E-state index contributed by atoms with van der Waals surface area (Å²) in [5, 5.41) is 13.2. The Kier molecular flexibility index (Phi) is 8.10. The molecule has 3 aliphatic heterocycles. The predicted molar refractivity (Wildman–Crippen MR) is 123 cm³/mol. The molecule has 6 atom stereocenters. The molecule has 2 bridgehead atoms. The average molecular weight is 467 g/mol. The van der Waals surface area contributed by atoms with Gasteiger partial charge in [0.15, 0.2) is 0 Å². The summed E-state index contributed by atoms with van der Waals surface area (Å²) in [4.78, 5) is 42.2. The molecule has 1 spiro atoms. The lowest BCUT2D eigenvalue weighted by atomic mass is 9.65. The number of likely N-dealkylation sites (tertiary alicyclic amines) is 1. The molecular weight excluding hydrogens is 424 g/mol. The van der Waals surface area contributed by atoms with E-state index in [1.54, 1.807) is 11.8 Å². The average Bonchev–Trinajstić information content (AvgIpc) is 3.38. The number of fused-ring (bicyclic) bond motifs is 1. The maximum atomic E-state index is 14.0. The summed E-state index contributed by atoms with van der Waals surface area (Å²) < 4.78 is 12.0. The number of carbonyl (C=O) groups excluding carboxylic acids is 3. The van der Waals surface area contributed by atoms with Crippen molar-refractivity contribution in [3.63, 3.8) is 0 Å². The van der Waals surface area contributed by atoms with Gasteiger partial charge in [-0.1, -0.05) is 40.5 Å². The van der Waals surface area contributed by atoms with E-state index < -0.39 is 41.1 Å². The molecule has 0 aromatic heterocycles. The van der Waals surface area contributed by atoms with E-state index in [1.807, 2.05) is 20.8 Å². The van der Waals surface area contributed by atoms with Gasteiger partial charge in [-0.3, -0.25) is 14.4 Å². The quantitative estimate of drug-likeness (QED) is 0.338. The van der Waals surface area contributed by atoms with Crippen molar-refractivity contribution in [3.8, 4) is 0 Å². The van der Waals surface area contributed by atoms with Gasteiger partial charge >= 0.3 is 5.97 Å². The van der Waals surface area contributed by atoms with Gasteiger partial charge in [-0.05, 0) is 44.9 Å². The smallest absolute Gasteiger partial charge is 0.312 e. The molecule has 0 radical (unpaired) electrons. The SMILES string of the molecule is CCCCCNC(=O)C1N([C@@H](CO)CC(C)C)C(=O)[C@@H]2[C@@H](C(=O)OCC)[C@@]3(CC)CCC12O3. The van der Waals surface area contributed by atoms with Crippen LogP contribution in [0.4, 0.5) is 0 Å². The van der Waals surface area contributed by atoms with E-state index in [1.165, 1.54) is 0 Å². The second kappa shape index (κ2) is 10.3. The first kappa shape index (κ1) is 25.9. The van der Waals surface area contributed by atoms with Gasteiger partial charge in [0.05, 0.1) is 30.8 Å². The van der Waals surface area contributed by atoms with E-state index in [-0.39, 0.29) is 30.9 Å². The van der Waals surface area contributed by atoms with Gasteiger partial charge in [0.1, 0.15) is 17.6 Å². The highest BCUT2D eigenvalue weighted by atomic mass is 16.6. The molecule has 0 saturated carbocycles. The Hall–Kier alpha value is -1.67. The molecular formula is C25H42N2O6. The Balaban J connectivity index is 2.03. The summed E-state index contributed by atoms with van der Waals surface area (Å²) in [5.41, 5.74) is -1.85. The van der Waals surface area contributed by atoms with Crippen LogP contribution in [0.2, 0.25) is 0 Å². The van der Waals surface area contributed by atoms with E-state index in [0.717, 1.165) is 19.3 Å². The summed E-state index contributed by atoms with van der Waals surface area (Å²) in [7, 11) is 0. The number of esters is 1. The number of hydrogen-bond acceptors (Lipinski definition) is 6. The summed E-state index contributed by atoms with van der Waals surface area (Å²) in [6.45, 7) is 10.4. The van der Waals surface area contributed by atoms with E-state index in [9.17, 15) is 19.5 Å². The molecule has 2 N–H and O–H groups in total. The molecule has 8 nitrogen and oxygen atoms in total. The Bertz CT molecular complexity index is 742. The minimum atomic E-state index is -1.07. The van der Waals surface area contributed by atoms with Crippen LogP contribution < -0.4 is 5.32 Å². The van der Waals surface area contributed by atoms with Crippen LogP contribution in [0.25, 0.3) is 0 Å². The Morgan fingerprint density at radius 2 is 1.97 bits per heavy atom. The zero-order chi connectivity index (χ0) is 24.4. The fraction of sp³-hybridized carbons (Fsp3) is 0.880. The monoisotopic (exact) mass is 466 g/mol. The zero-order valence-corrected chi connectivity index (χ0v) is 20.9. The molecule has 8 heteroatoms. The van der Waals surface area contributed by atoms with Crippen molar-refractivity contribution in [1.82, 2.24) is 10.2 Å². The third-order valence-electron chi connectivity index (χ3n) is 7.83. The number of carbonyl (C=O) groups is 3. The van der Waals surface area contributed by atoms with Crippen LogP contribution in [0.5, 0.6) is 0 Å². The van der Waals surface area contributed by atoms with E-state index in [0.29, 0.717) is 32.2 Å². The van der Waals surface area contributed by atoms with E-state index in [4.69, 9.17) is 9.47 Å². The van der Waals surface area contributed by atoms with E-state index >= 15 is 0 Å². The molecule has 0 aliphatic carbocycles. The van der Waals surface area contributed by atoms with Crippen LogP contribution in [-0.4, -0.2) is 70.8 Å². The summed E-state index contributed by atoms with van der Waals surface area (Å²) >= 11 is 0.